The van der Waals surface area contributed by atoms with Crippen molar-refractivity contribution in [2.24, 2.45) is 0 Å². The molecule has 0 fully saturated rings. The highest BCUT2D eigenvalue weighted by Gasteiger charge is 2.06. The quantitative estimate of drug-likeness (QED) is 0.553. The van der Waals surface area contributed by atoms with Gasteiger partial charge in [0.2, 0.25) is 0 Å². The summed E-state index contributed by atoms with van der Waals surface area (Å²) < 4.78 is 10.9. The van der Waals surface area contributed by atoms with E-state index in [4.69, 9.17) is 21.1 Å². The highest BCUT2D eigenvalue weighted by molar-refractivity contribution is 6.30. The van der Waals surface area contributed by atoms with E-state index in [1.807, 2.05) is 38.1 Å². The van der Waals surface area contributed by atoms with Gasteiger partial charge in [-0.2, -0.15) is 0 Å². The molecule has 0 aliphatic heterocycles. The number of ether oxygens (including phenoxy) is 2. The Balaban J connectivity index is 2.18. The van der Waals surface area contributed by atoms with E-state index in [0.717, 1.165) is 24.5 Å². The van der Waals surface area contributed by atoms with Crippen LogP contribution in [-0.4, -0.2) is 32.6 Å². The van der Waals surface area contributed by atoms with Gasteiger partial charge in [-0.15, -0.1) is 0 Å². The topological polar surface area (TPSA) is 30.5 Å². The molecule has 18 heavy (non-hydrogen) atoms. The van der Waals surface area contributed by atoms with E-state index in [0.29, 0.717) is 13.2 Å². The molecule has 0 aliphatic rings. The van der Waals surface area contributed by atoms with Crippen LogP contribution in [0.3, 0.4) is 0 Å². The van der Waals surface area contributed by atoms with Crippen molar-refractivity contribution >= 4 is 11.6 Å². The van der Waals surface area contributed by atoms with Crippen LogP contribution in [0.4, 0.5) is 0 Å². The van der Waals surface area contributed by atoms with Gasteiger partial charge in [-0.25, -0.2) is 0 Å². The summed E-state index contributed by atoms with van der Waals surface area (Å²) in [6, 6.07) is 7.93. The van der Waals surface area contributed by atoms with E-state index in [1.54, 1.807) is 0 Å². The fourth-order valence-electron chi connectivity index (χ4n) is 1.64. The monoisotopic (exact) mass is 271 g/mol. The van der Waals surface area contributed by atoms with Gasteiger partial charge in [-0.3, -0.25) is 0 Å². The number of nitrogens with one attached hydrogen (secondary N) is 1. The van der Waals surface area contributed by atoms with Crippen LogP contribution in [0, 0.1) is 0 Å². The molecule has 1 aromatic carbocycles. The predicted molar refractivity (Wildman–Crippen MR) is 75.1 cm³/mol. The lowest BCUT2D eigenvalue weighted by Gasteiger charge is -2.17. The predicted octanol–water partition coefficient (Wildman–Crippen LogP) is 2.87. The molecule has 3 nitrogen and oxygen atoms in total. The standard InChI is InChI=1S/C14H22ClNO2/c1-3-17-14(18-4-2)11-16-10-9-12-5-7-13(15)8-6-12/h5-8,14,16H,3-4,9-11H2,1-2H3. The van der Waals surface area contributed by atoms with Gasteiger partial charge in [-0.1, -0.05) is 23.7 Å². The molecule has 1 N–H and O–H groups in total. The first kappa shape index (κ1) is 15.4. The molecule has 1 rings (SSSR count). The lowest BCUT2D eigenvalue weighted by molar-refractivity contribution is -0.132. The molecule has 0 saturated carbocycles. The minimum Gasteiger partial charge on any atom is -0.352 e. The summed E-state index contributed by atoms with van der Waals surface area (Å²) in [4.78, 5) is 0. The molecule has 0 saturated heterocycles. The van der Waals surface area contributed by atoms with Gasteiger partial charge in [0.05, 0.1) is 0 Å². The Hall–Kier alpha value is -0.610. The SMILES string of the molecule is CCOC(CNCCc1ccc(Cl)cc1)OCC. The maximum Gasteiger partial charge on any atom is 0.169 e. The fourth-order valence-corrected chi connectivity index (χ4v) is 1.77. The lowest BCUT2D eigenvalue weighted by atomic mass is 10.1. The Kier molecular flexibility index (Phi) is 8.01. The highest BCUT2D eigenvalue weighted by Crippen LogP contribution is 2.09. The highest BCUT2D eigenvalue weighted by atomic mass is 35.5. The summed E-state index contributed by atoms with van der Waals surface area (Å²) in [6.45, 7) is 6.90. The van der Waals surface area contributed by atoms with Crippen molar-refractivity contribution in [1.29, 1.82) is 0 Å². The molecular weight excluding hydrogens is 250 g/mol. The fraction of sp³-hybridized carbons (Fsp3) is 0.571. The van der Waals surface area contributed by atoms with Crippen LogP contribution < -0.4 is 5.32 Å². The van der Waals surface area contributed by atoms with Crippen LogP contribution in [-0.2, 0) is 15.9 Å². The van der Waals surface area contributed by atoms with Gasteiger partial charge < -0.3 is 14.8 Å². The number of hydrogen-bond acceptors (Lipinski definition) is 3. The van der Waals surface area contributed by atoms with Gasteiger partial charge in [0.1, 0.15) is 0 Å². The van der Waals surface area contributed by atoms with Crippen molar-refractivity contribution in [2.45, 2.75) is 26.6 Å². The average molecular weight is 272 g/mol. The molecule has 0 bridgehead atoms. The zero-order chi connectivity index (χ0) is 13.2. The molecule has 4 heteroatoms. The molecule has 0 aliphatic carbocycles. The van der Waals surface area contributed by atoms with E-state index in [1.165, 1.54) is 5.56 Å². The molecule has 1 aromatic rings. The van der Waals surface area contributed by atoms with E-state index in [-0.39, 0.29) is 6.29 Å². The number of hydrogen-bond donors (Lipinski definition) is 1. The van der Waals surface area contributed by atoms with Crippen LogP contribution in [0.15, 0.2) is 24.3 Å². The molecule has 0 amide bonds. The van der Waals surface area contributed by atoms with Crippen molar-refractivity contribution < 1.29 is 9.47 Å². The molecule has 102 valence electrons. The summed E-state index contributed by atoms with van der Waals surface area (Å²) >= 11 is 5.84. The Morgan fingerprint density at radius 2 is 1.72 bits per heavy atom. The van der Waals surface area contributed by atoms with Gasteiger partial charge in [0, 0.05) is 24.8 Å². The van der Waals surface area contributed by atoms with Crippen molar-refractivity contribution in [3.8, 4) is 0 Å². The Morgan fingerprint density at radius 1 is 1.11 bits per heavy atom. The first-order valence-electron chi connectivity index (χ1n) is 6.44. The third kappa shape index (κ3) is 6.36. The van der Waals surface area contributed by atoms with Gasteiger partial charge in [0.15, 0.2) is 6.29 Å². The second-order valence-corrected chi connectivity index (χ2v) is 4.36. The molecule has 0 atom stereocenters. The summed E-state index contributed by atoms with van der Waals surface area (Å²) in [5.41, 5.74) is 1.27. The Morgan fingerprint density at radius 3 is 2.28 bits per heavy atom. The summed E-state index contributed by atoms with van der Waals surface area (Å²) in [5, 5.41) is 4.11. The molecule has 0 heterocycles. The summed E-state index contributed by atoms with van der Waals surface area (Å²) in [5.74, 6) is 0. The lowest BCUT2D eigenvalue weighted by Crippen LogP contribution is -2.32. The van der Waals surface area contributed by atoms with E-state index < -0.39 is 0 Å². The summed E-state index contributed by atoms with van der Waals surface area (Å²) in [7, 11) is 0. The molecule has 0 aromatic heterocycles. The molecule has 0 unspecified atom stereocenters. The van der Waals surface area contributed by atoms with E-state index in [9.17, 15) is 0 Å². The van der Waals surface area contributed by atoms with Crippen molar-refractivity contribution in [3.05, 3.63) is 34.9 Å². The maximum absolute atomic E-state index is 5.84. The van der Waals surface area contributed by atoms with Crippen molar-refractivity contribution in [2.75, 3.05) is 26.3 Å². The number of benzene rings is 1. The molecular formula is C14H22ClNO2. The third-order valence-corrected chi connectivity index (χ3v) is 2.77. The number of rotatable bonds is 9. The average Bonchev–Trinajstić information content (AvgIpc) is 2.37. The zero-order valence-corrected chi connectivity index (χ0v) is 11.9. The number of halogens is 1. The van der Waals surface area contributed by atoms with Crippen molar-refractivity contribution in [1.82, 2.24) is 5.32 Å². The summed E-state index contributed by atoms with van der Waals surface area (Å²) in [6.07, 6.45) is 0.826. The first-order valence-corrected chi connectivity index (χ1v) is 6.82. The largest absolute Gasteiger partial charge is 0.352 e. The van der Waals surface area contributed by atoms with Crippen LogP contribution in [0.2, 0.25) is 5.02 Å². The third-order valence-electron chi connectivity index (χ3n) is 2.52. The smallest absolute Gasteiger partial charge is 0.169 e. The maximum atomic E-state index is 5.84. The zero-order valence-electron chi connectivity index (χ0n) is 11.1. The van der Waals surface area contributed by atoms with Gasteiger partial charge in [0.25, 0.3) is 0 Å². The second kappa shape index (κ2) is 9.34. The van der Waals surface area contributed by atoms with E-state index >= 15 is 0 Å². The second-order valence-electron chi connectivity index (χ2n) is 3.92. The minimum atomic E-state index is -0.148. The minimum absolute atomic E-state index is 0.148. The van der Waals surface area contributed by atoms with Crippen LogP contribution in [0.1, 0.15) is 19.4 Å². The van der Waals surface area contributed by atoms with Crippen LogP contribution in [0.25, 0.3) is 0 Å². The normalized spacial score (nSPS) is 11.1. The van der Waals surface area contributed by atoms with Crippen LogP contribution >= 0.6 is 11.6 Å². The van der Waals surface area contributed by atoms with Gasteiger partial charge >= 0.3 is 0 Å². The van der Waals surface area contributed by atoms with E-state index in [2.05, 4.69) is 5.32 Å². The molecule has 0 spiro atoms. The first-order chi connectivity index (χ1) is 8.76. The Labute approximate surface area is 114 Å². The Bertz CT molecular complexity index is 310. The van der Waals surface area contributed by atoms with Crippen molar-refractivity contribution in [3.63, 3.8) is 0 Å². The van der Waals surface area contributed by atoms with Crippen LogP contribution in [0.5, 0.6) is 0 Å². The molecule has 0 radical (unpaired) electrons. The van der Waals surface area contributed by atoms with Gasteiger partial charge in [-0.05, 0) is 44.5 Å².